The van der Waals surface area contributed by atoms with E-state index in [-0.39, 0.29) is 0 Å². The maximum Gasteiger partial charge on any atom is 0.228 e. The lowest BCUT2D eigenvalue weighted by Crippen LogP contribution is -1.78. The summed E-state index contributed by atoms with van der Waals surface area (Å²) in [5, 5.41) is 7.29. The molecule has 5 nitrogen and oxygen atoms in total. The van der Waals surface area contributed by atoms with E-state index in [1.54, 1.807) is 6.07 Å². The first kappa shape index (κ1) is 9.35. The Kier molecular flexibility index (Phi) is 1.77. The summed E-state index contributed by atoms with van der Waals surface area (Å²) in [4.78, 5) is 4.40. The second kappa shape index (κ2) is 3.40. The molecule has 4 aromatic rings. The van der Waals surface area contributed by atoms with Gasteiger partial charge in [0.1, 0.15) is 11.0 Å². The number of oxazole rings is 1. The molecule has 2 aromatic carbocycles. The van der Waals surface area contributed by atoms with Gasteiger partial charge in [-0.25, -0.2) is 4.98 Å². The van der Waals surface area contributed by atoms with E-state index in [0.29, 0.717) is 17.0 Å². The molecule has 4 rings (SSSR count). The molecule has 0 unspecified atom stereocenters. The molecule has 18 heavy (non-hydrogen) atoms. The van der Waals surface area contributed by atoms with Gasteiger partial charge in [0.05, 0.1) is 0 Å². The zero-order valence-electron chi connectivity index (χ0n) is 9.12. The van der Waals surface area contributed by atoms with Gasteiger partial charge in [0, 0.05) is 16.9 Å². The van der Waals surface area contributed by atoms with E-state index < -0.39 is 0 Å². The van der Waals surface area contributed by atoms with Gasteiger partial charge in [-0.05, 0) is 24.3 Å². The molecule has 0 N–H and O–H groups in total. The van der Waals surface area contributed by atoms with Crippen LogP contribution < -0.4 is 0 Å². The average molecular weight is 236 g/mol. The van der Waals surface area contributed by atoms with Crippen LogP contribution in [-0.4, -0.2) is 15.4 Å². The first-order valence-corrected chi connectivity index (χ1v) is 5.40. The summed E-state index contributed by atoms with van der Waals surface area (Å²) >= 11 is 0. The highest BCUT2D eigenvalue weighted by atomic mass is 16.5. The standard InChI is InChI=1S/C13H6N3O2/c1-2-4-11-9(3-1)14-13(17-11)8-5-6-12-10(7-8)15-16-18-12/h1-6H. The van der Waals surface area contributed by atoms with Crippen molar-refractivity contribution in [1.82, 2.24) is 15.4 Å². The number of benzene rings is 2. The van der Waals surface area contributed by atoms with Crippen molar-refractivity contribution < 1.29 is 8.94 Å². The van der Waals surface area contributed by atoms with E-state index in [0.717, 1.165) is 16.7 Å². The van der Waals surface area contributed by atoms with Gasteiger partial charge >= 0.3 is 0 Å². The minimum absolute atomic E-state index is 0.515. The van der Waals surface area contributed by atoms with Gasteiger partial charge < -0.3 is 8.94 Å². The van der Waals surface area contributed by atoms with Crippen molar-refractivity contribution in [2.45, 2.75) is 0 Å². The summed E-state index contributed by atoms with van der Waals surface area (Å²) in [6.07, 6.45) is 0. The van der Waals surface area contributed by atoms with E-state index in [9.17, 15) is 0 Å². The van der Waals surface area contributed by atoms with E-state index in [1.165, 1.54) is 0 Å². The minimum Gasteiger partial charge on any atom is -0.436 e. The Balaban J connectivity index is 1.94. The number of fused-ring (bicyclic) bond motifs is 2. The first-order valence-electron chi connectivity index (χ1n) is 5.40. The van der Waals surface area contributed by atoms with E-state index in [4.69, 9.17) is 8.94 Å². The number of hydrogen-bond donors (Lipinski definition) is 0. The zero-order valence-corrected chi connectivity index (χ0v) is 9.12. The fourth-order valence-corrected chi connectivity index (χ4v) is 1.83. The Hall–Kier alpha value is -2.69. The molecule has 0 saturated heterocycles. The summed E-state index contributed by atoms with van der Waals surface area (Å²) in [5.74, 6) is 0.515. The van der Waals surface area contributed by atoms with Gasteiger partial charge in [-0.1, -0.05) is 12.1 Å². The Labute approximate surface area is 101 Å². The predicted molar refractivity (Wildman–Crippen MR) is 63.6 cm³/mol. The summed E-state index contributed by atoms with van der Waals surface area (Å²) in [6.45, 7) is 0. The van der Waals surface area contributed by atoms with Crippen LogP contribution in [0.3, 0.4) is 0 Å². The molecular weight excluding hydrogens is 230 g/mol. The molecule has 0 aliphatic heterocycles. The highest BCUT2D eigenvalue weighted by molar-refractivity contribution is 5.80. The van der Waals surface area contributed by atoms with Crippen molar-refractivity contribution in [3.8, 4) is 11.5 Å². The van der Waals surface area contributed by atoms with Crippen molar-refractivity contribution >= 4 is 22.2 Å². The monoisotopic (exact) mass is 236 g/mol. The van der Waals surface area contributed by atoms with Gasteiger partial charge in [0.15, 0.2) is 11.2 Å². The molecule has 0 atom stereocenters. The highest BCUT2D eigenvalue weighted by Crippen LogP contribution is 2.25. The van der Waals surface area contributed by atoms with Crippen LogP contribution in [0.2, 0.25) is 0 Å². The Morgan fingerprint density at radius 2 is 1.94 bits per heavy atom. The maximum atomic E-state index is 5.66. The number of para-hydroxylation sites is 2. The van der Waals surface area contributed by atoms with Crippen molar-refractivity contribution in [3.63, 3.8) is 0 Å². The largest absolute Gasteiger partial charge is 0.436 e. The molecule has 1 radical (unpaired) electrons. The summed E-state index contributed by atoms with van der Waals surface area (Å²) in [6, 6.07) is 14.3. The SMILES string of the molecule is [c]1c(-c2nc3ccccc3o2)ccc2onnc12. The second-order valence-corrected chi connectivity index (χ2v) is 3.84. The lowest BCUT2D eigenvalue weighted by Gasteiger charge is -1.92. The van der Waals surface area contributed by atoms with Crippen LogP contribution in [0.5, 0.6) is 0 Å². The molecule has 0 saturated carbocycles. The predicted octanol–water partition coefficient (Wildman–Crippen LogP) is 2.83. The molecule has 0 bridgehead atoms. The van der Waals surface area contributed by atoms with Crippen LogP contribution in [0.15, 0.2) is 45.3 Å². The smallest absolute Gasteiger partial charge is 0.228 e. The van der Waals surface area contributed by atoms with Crippen LogP contribution >= 0.6 is 0 Å². The van der Waals surface area contributed by atoms with E-state index in [1.807, 2.05) is 30.3 Å². The third-order valence-electron chi connectivity index (χ3n) is 2.69. The van der Waals surface area contributed by atoms with Crippen molar-refractivity contribution in [2.24, 2.45) is 0 Å². The summed E-state index contributed by atoms with van der Waals surface area (Å²) in [5.41, 5.74) is 3.46. The van der Waals surface area contributed by atoms with Crippen LogP contribution in [0, 0.1) is 6.07 Å². The van der Waals surface area contributed by atoms with E-state index >= 15 is 0 Å². The number of nitrogens with zero attached hydrogens (tertiary/aromatic N) is 3. The average Bonchev–Trinajstić information content (AvgIpc) is 3.04. The molecule has 0 fully saturated rings. The van der Waals surface area contributed by atoms with Crippen LogP contribution in [0.25, 0.3) is 33.7 Å². The first-order chi connectivity index (χ1) is 8.90. The van der Waals surface area contributed by atoms with Crippen molar-refractivity contribution in [3.05, 3.63) is 42.5 Å². The van der Waals surface area contributed by atoms with Crippen LogP contribution in [0.4, 0.5) is 0 Å². The third-order valence-corrected chi connectivity index (χ3v) is 2.69. The molecule has 85 valence electrons. The second-order valence-electron chi connectivity index (χ2n) is 3.84. The number of hydrogen-bond acceptors (Lipinski definition) is 5. The summed E-state index contributed by atoms with van der Waals surface area (Å²) in [7, 11) is 0. The zero-order chi connectivity index (χ0) is 11.9. The minimum atomic E-state index is 0.515. The number of rotatable bonds is 1. The number of aromatic nitrogens is 3. The molecule has 0 spiro atoms. The quantitative estimate of drug-likeness (QED) is 0.508. The fraction of sp³-hybridized carbons (Fsp3) is 0. The van der Waals surface area contributed by atoms with E-state index in [2.05, 4.69) is 21.4 Å². The molecule has 0 aliphatic rings. The molecule has 0 amide bonds. The van der Waals surface area contributed by atoms with Crippen LogP contribution in [0.1, 0.15) is 0 Å². The van der Waals surface area contributed by atoms with Crippen LogP contribution in [-0.2, 0) is 0 Å². The van der Waals surface area contributed by atoms with Gasteiger partial charge in [0.2, 0.25) is 5.89 Å². The Morgan fingerprint density at radius 3 is 2.89 bits per heavy atom. The third kappa shape index (κ3) is 1.31. The molecular formula is C13H6N3O2. The maximum absolute atomic E-state index is 5.66. The van der Waals surface area contributed by atoms with Crippen molar-refractivity contribution in [2.75, 3.05) is 0 Å². The molecule has 2 heterocycles. The van der Waals surface area contributed by atoms with Crippen molar-refractivity contribution in [1.29, 1.82) is 0 Å². The van der Waals surface area contributed by atoms with Gasteiger partial charge in [-0.2, -0.15) is 0 Å². The Bertz CT molecular complexity index is 814. The highest BCUT2D eigenvalue weighted by Gasteiger charge is 2.10. The molecule has 2 aromatic heterocycles. The lowest BCUT2D eigenvalue weighted by atomic mass is 10.2. The fourth-order valence-electron chi connectivity index (χ4n) is 1.83. The van der Waals surface area contributed by atoms with Gasteiger partial charge in [-0.15, -0.1) is 5.10 Å². The normalized spacial score (nSPS) is 11.3. The molecule has 0 aliphatic carbocycles. The topological polar surface area (TPSA) is 65.0 Å². The summed E-state index contributed by atoms with van der Waals surface area (Å²) < 4.78 is 10.6. The molecule has 5 heteroatoms. The van der Waals surface area contributed by atoms with Gasteiger partial charge in [0.25, 0.3) is 0 Å². The van der Waals surface area contributed by atoms with Gasteiger partial charge in [-0.3, -0.25) is 0 Å². The lowest BCUT2D eigenvalue weighted by molar-refractivity contribution is 0.424. The Morgan fingerprint density at radius 1 is 1.00 bits per heavy atom.